The maximum absolute atomic E-state index is 13.3. The summed E-state index contributed by atoms with van der Waals surface area (Å²) in [6.45, 7) is 0. The van der Waals surface area contributed by atoms with Crippen molar-refractivity contribution in [1.29, 1.82) is 0 Å². The quantitative estimate of drug-likeness (QED) is 0.774. The molecule has 0 fully saturated rings. The molecule has 1 aromatic rings. The third-order valence-corrected chi connectivity index (χ3v) is 2.94. The Morgan fingerprint density at radius 1 is 1.25 bits per heavy atom. The van der Waals surface area contributed by atoms with Crippen LogP contribution in [0.15, 0.2) is 12.1 Å². The second kappa shape index (κ2) is 4.75. The Kier molecular flexibility index (Phi) is 3.82. The van der Waals surface area contributed by atoms with Gasteiger partial charge in [-0.25, -0.2) is 22.3 Å². The molecular formula is C9H12F2N2O2S. The van der Waals surface area contributed by atoms with Gasteiger partial charge in [0, 0.05) is 0 Å². The number of hydrogen-bond acceptors (Lipinski definition) is 3. The second-order valence-electron chi connectivity index (χ2n) is 3.40. The Hall–Kier alpha value is -1.21. The van der Waals surface area contributed by atoms with Crippen molar-refractivity contribution in [2.45, 2.75) is 12.8 Å². The molecule has 0 aromatic heterocycles. The molecule has 4 nitrogen and oxygen atoms in total. The number of aryl methyl sites for hydroxylation is 1. The van der Waals surface area contributed by atoms with Crippen LogP contribution in [0.25, 0.3) is 0 Å². The molecule has 0 unspecified atom stereocenters. The molecule has 1 aromatic carbocycles. The summed E-state index contributed by atoms with van der Waals surface area (Å²) in [5.74, 6) is -1.91. The van der Waals surface area contributed by atoms with Crippen LogP contribution in [-0.4, -0.2) is 14.2 Å². The zero-order valence-corrected chi connectivity index (χ0v) is 9.23. The molecule has 0 atom stereocenters. The predicted octanol–water partition coefficient (Wildman–Crippen LogP) is 0.768. The van der Waals surface area contributed by atoms with Crippen LogP contribution < -0.4 is 10.9 Å². The van der Waals surface area contributed by atoms with E-state index in [1.807, 2.05) is 0 Å². The van der Waals surface area contributed by atoms with Crippen molar-refractivity contribution in [1.82, 2.24) is 0 Å². The summed E-state index contributed by atoms with van der Waals surface area (Å²) >= 11 is 0. The first-order chi connectivity index (χ1) is 7.31. The van der Waals surface area contributed by atoms with Crippen LogP contribution in [0.5, 0.6) is 0 Å². The molecule has 0 aliphatic heterocycles. The fraction of sp³-hybridized carbons (Fsp3) is 0.333. The lowest BCUT2D eigenvalue weighted by molar-refractivity contribution is 0.576. The fourth-order valence-corrected chi connectivity index (χ4v) is 1.82. The van der Waals surface area contributed by atoms with Crippen molar-refractivity contribution in [2.24, 2.45) is 5.14 Å². The van der Waals surface area contributed by atoms with Crippen LogP contribution in [0.1, 0.15) is 12.0 Å². The Balaban J connectivity index is 2.72. The van der Waals surface area contributed by atoms with Gasteiger partial charge < -0.3 is 5.73 Å². The maximum atomic E-state index is 13.3. The Bertz CT molecular complexity index is 489. The Morgan fingerprint density at radius 2 is 1.88 bits per heavy atom. The number of sulfonamides is 1. The molecule has 0 radical (unpaired) electrons. The first kappa shape index (κ1) is 12.9. The summed E-state index contributed by atoms with van der Waals surface area (Å²) in [4.78, 5) is 0. The lowest BCUT2D eigenvalue weighted by Crippen LogP contribution is -2.17. The minimum atomic E-state index is -3.55. The number of halogens is 2. The van der Waals surface area contributed by atoms with Crippen molar-refractivity contribution in [2.75, 3.05) is 11.5 Å². The van der Waals surface area contributed by atoms with Crippen LogP contribution >= 0.6 is 0 Å². The highest BCUT2D eigenvalue weighted by atomic mass is 32.2. The van der Waals surface area contributed by atoms with E-state index in [4.69, 9.17) is 10.9 Å². The van der Waals surface area contributed by atoms with Gasteiger partial charge in [-0.15, -0.1) is 0 Å². The number of nitrogens with two attached hydrogens (primary N) is 2. The number of hydrogen-bond donors (Lipinski definition) is 2. The molecule has 7 heteroatoms. The highest BCUT2D eigenvalue weighted by Gasteiger charge is 2.11. The van der Waals surface area contributed by atoms with Crippen molar-refractivity contribution >= 4 is 15.7 Å². The average Bonchev–Trinajstić information content (AvgIpc) is 2.16. The smallest absolute Gasteiger partial charge is 0.209 e. The molecule has 0 saturated heterocycles. The van der Waals surface area contributed by atoms with Crippen molar-refractivity contribution in [3.05, 3.63) is 29.3 Å². The van der Waals surface area contributed by atoms with Gasteiger partial charge in [0.2, 0.25) is 10.0 Å². The van der Waals surface area contributed by atoms with E-state index in [2.05, 4.69) is 0 Å². The average molecular weight is 250 g/mol. The van der Waals surface area contributed by atoms with E-state index in [-0.39, 0.29) is 24.2 Å². The second-order valence-corrected chi connectivity index (χ2v) is 5.14. The van der Waals surface area contributed by atoms with Gasteiger partial charge in [-0.3, -0.25) is 0 Å². The molecule has 1 rings (SSSR count). The lowest BCUT2D eigenvalue weighted by atomic mass is 10.1. The number of rotatable bonds is 4. The van der Waals surface area contributed by atoms with Crippen molar-refractivity contribution < 1.29 is 17.2 Å². The van der Waals surface area contributed by atoms with E-state index in [0.29, 0.717) is 0 Å². The van der Waals surface area contributed by atoms with E-state index in [9.17, 15) is 17.2 Å². The zero-order valence-electron chi connectivity index (χ0n) is 8.41. The van der Waals surface area contributed by atoms with Crippen LogP contribution in [0.4, 0.5) is 14.5 Å². The molecule has 0 amide bonds. The Morgan fingerprint density at radius 3 is 2.44 bits per heavy atom. The summed E-state index contributed by atoms with van der Waals surface area (Å²) in [5.41, 5.74) is 4.78. The highest BCUT2D eigenvalue weighted by molar-refractivity contribution is 7.89. The molecular weight excluding hydrogens is 238 g/mol. The van der Waals surface area contributed by atoms with Crippen LogP contribution in [0.3, 0.4) is 0 Å². The molecule has 0 aliphatic rings. The van der Waals surface area contributed by atoms with Crippen LogP contribution in [-0.2, 0) is 16.4 Å². The van der Waals surface area contributed by atoms with Crippen LogP contribution in [0, 0.1) is 11.6 Å². The maximum Gasteiger partial charge on any atom is 0.209 e. The third kappa shape index (κ3) is 3.42. The van der Waals surface area contributed by atoms with Gasteiger partial charge in [-0.05, 0) is 24.5 Å². The summed E-state index contributed by atoms with van der Waals surface area (Å²) in [7, 11) is -3.55. The van der Waals surface area contributed by atoms with E-state index in [1.165, 1.54) is 6.07 Å². The summed E-state index contributed by atoms with van der Waals surface area (Å²) in [6, 6.07) is 2.29. The number of benzene rings is 1. The third-order valence-electron chi connectivity index (χ3n) is 2.08. The highest BCUT2D eigenvalue weighted by Crippen LogP contribution is 2.19. The van der Waals surface area contributed by atoms with Crippen molar-refractivity contribution in [3.8, 4) is 0 Å². The molecule has 90 valence electrons. The van der Waals surface area contributed by atoms with Gasteiger partial charge in [0.15, 0.2) is 5.82 Å². The molecule has 16 heavy (non-hydrogen) atoms. The van der Waals surface area contributed by atoms with Gasteiger partial charge in [0.05, 0.1) is 5.75 Å². The normalized spacial score (nSPS) is 11.7. The standard InChI is InChI=1S/C9H12F2N2O2S/c10-7-4-3-6(8(11)9(7)12)2-1-5-16(13,14)15/h3-4H,1-2,5,12H2,(H2,13,14,15). The van der Waals surface area contributed by atoms with Gasteiger partial charge in [-0.2, -0.15) is 0 Å². The number of primary sulfonamides is 1. The van der Waals surface area contributed by atoms with E-state index in [0.717, 1.165) is 6.07 Å². The van der Waals surface area contributed by atoms with Gasteiger partial charge >= 0.3 is 0 Å². The monoisotopic (exact) mass is 250 g/mol. The predicted molar refractivity (Wildman–Crippen MR) is 57.1 cm³/mol. The summed E-state index contributed by atoms with van der Waals surface area (Å²) in [6.07, 6.45) is 0.313. The molecule has 0 saturated carbocycles. The minimum absolute atomic E-state index is 0.146. The van der Waals surface area contributed by atoms with E-state index >= 15 is 0 Å². The molecule has 0 spiro atoms. The van der Waals surface area contributed by atoms with E-state index < -0.39 is 27.3 Å². The topological polar surface area (TPSA) is 86.2 Å². The first-order valence-corrected chi connectivity index (χ1v) is 6.25. The largest absolute Gasteiger partial charge is 0.394 e. The summed E-state index contributed by atoms with van der Waals surface area (Å²) in [5, 5.41) is 4.79. The lowest BCUT2D eigenvalue weighted by Gasteiger charge is -2.05. The first-order valence-electron chi connectivity index (χ1n) is 4.54. The molecule has 0 bridgehead atoms. The molecule has 0 heterocycles. The number of nitrogen functional groups attached to an aromatic ring is 1. The number of anilines is 1. The van der Waals surface area contributed by atoms with Gasteiger partial charge in [-0.1, -0.05) is 6.07 Å². The fourth-order valence-electron chi connectivity index (χ4n) is 1.27. The van der Waals surface area contributed by atoms with Crippen LogP contribution in [0.2, 0.25) is 0 Å². The van der Waals surface area contributed by atoms with Gasteiger partial charge in [0.25, 0.3) is 0 Å². The SMILES string of the molecule is Nc1c(F)ccc(CCCS(N)(=O)=O)c1F. The molecule has 0 aliphatic carbocycles. The summed E-state index contributed by atoms with van der Waals surface area (Å²) < 4.78 is 47.4. The van der Waals surface area contributed by atoms with E-state index in [1.54, 1.807) is 0 Å². The molecule has 4 N–H and O–H groups in total. The Labute approximate surface area is 92.3 Å². The minimum Gasteiger partial charge on any atom is -0.394 e. The zero-order chi connectivity index (χ0) is 12.3. The van der Waals surface area contributed by atoms with Gasteiger partial charge in [0.1, 0.15) is 11.5 Å². The van der Waals surface area contributed by atoms with Crippen molar-refractivity contribution in [3.63, 3.8) is 0 Å².